The summed E-state index contributed by atoms with van der Waals surface area (Å²) in [4.78, 5) is 4.98. The molecule has 9 heteroatoms. The van der Waals surface area contributed by atoms with Gasteiger partial charge in [0.15, 0.2) is 11.5 Å². The smallest absolute Gasteiger partial charge is 0.176 e. The van der Waals surface area contributed by atoms with Crippen molar-refractivity contribution in [3.63, 3.8) is 0 Å². The van der Waals surface area contributed by atoms with Crippen molar-refractivity contribution >= 4 is 69.4 Å². The number of piperazine rings is 1. The Kier molecular flexibility index (Phi) is 11.0. The maximum absolute atomic E-state index is 6.20. The van der Waals surface area contributed by atoms with Gasteiger partial charge in [-0.05, 0) is 100 Å². The molecule has 198 valence electrons. The molecule has 0 aliphatic carbocycles. The lowest BCUT2D eigenvalue weighted by Gasteiger charge is -2.36. The summed E-state index contributed by atoms with van der Waals surface area (Å²) >= 11 is 14.2. The van der Waals surface area contributed by atoms with Crippen molar-refractivity contribution in [2.75, 3.05) is 51.3 Å². The van der Waals surface area contributed by atoms with Crippen molar-refractivity contribution < 1.29 is 14.2 Å². The molecule has 0 aromatic heterocycles. The van der Waals surface area contributed by atoms with Crippen LogP contribution in [0, 0.1) is 0 Å². The summed E-state index contributed by atoms with van der Waals surface area (Å²) in [6, 6.07) is 18.0. The van der Waals surface area contributed by atoms with Gasteiger partial charge in [0.05, 0.1) is 28.3 Å². The van der Waals surface area contributed by atoms with Crippen LogP contribution in [0.3, 0.4) is 0 Å². The molecule has 0 N–H and O–H groups in total. The maximum Gasteiger partial charge on any atom is 0.176 e. The normalized spacial score (nSPS) is 14.0. The average molecular weight is 762 g/mol. The van der Waals surface area contributed by atoms with E-state index < -0.39 is 0 Å². The highest BCUT2D eigenvalue weighted by atomic mass is 79.9. The molecule has 1 heterocycles. The number of unbranched alkanes of at least 4 members (excludes halogenated alkanes) is 2. The van der Waals surface area contributed by atoms with Crippen LogP contribution in [0.2, 0.25) is 0 Å². The van der Waals surface area contributed by atoms with Crippen LogP contribution in [0.5, 0.6) is 23.0 Å². The highest BCUT2D eigenvalue weighted by Crippen LogP contribution is 2.42. The van der Waals surface area contributed by atoms with Crippen molar-refractivity contribution in [2.24, 2.45) is 0 Å². The zero-order chi connectivity index (χ0) is 26.2. The first-order valence-electron chi connectivity index (χ1n) is 12.3. The fourth-order valence-electron chi connectivity index (χ4n) is 4.32. The Balaban J connectivity index is 1.21. The summed E-state index contributed by atoms with van der Waals surface area (Å²) in [6.07, 6.45) is 3.27. The van der Waals surface area contributed by atoms with Crippen molar-refractivity contribution in [3.8, 4) is 23.0 Å². The molecule has 3 aromatic carbocycles. The number of methoxy groups -OCH3 is 1. The zero-order valence-electron chi connectivity index (χ0n) is 20.7. The Labute approximate surface area is 253 Å². The molecule has 0 spiro atoms. The Morgan fingerprint density at radius 1 is 0.730 bits per heavy atom. The molecule has 37 heavy (non-hydrogen) atoms. The van der Waals surface area contributed by atoms with Gasteiger partial charge < -0.3 is 19.1 Å². The summed E-state index contributed by atoms with van der Waals surface area (Å²) in [6.45, 7) is 5.96. The molecule has 4 rings (SSSR count). The van der Waals surface area contributed by atoms with E-state index in [-0.39, 0.29) is 0 Å². The number of halogens is 4. The van der Waals surface area contributed by atoms with Crippen LogP contribution < -0.4 is 19.1 Å². The minimum absolute atomic E-state index is 0.639. The standard InChI is InChI=1S/C28H30Br4N2O3/c1-35-26-8-4-3-7-24(26)34-14-12-33(13-15-34)11-5-2-6-16-36-28-23(32)18-21(30)19-27(28)37-25-10-9-20(29)17-22(25)31/h3-4,7-10,17-19H,2,5-6,11-16H2,1H3. The second-order valence-electron chi connectivity index (χ2n) is 8.80. The van der Waals surface area contributed by atoms with Crippen LogP contribution in [0.1, 0.15) is 19.3 Å². The number of hydrogen-bond donors (Lipinski definition) is 0. The molecule has 0 bridgehead atoms. The summed E-state index contributed by atoms with van der Waals surface area (Å²) in [5.41, 5.74) is 1.19. The first-order chi connectivity index (χ1) is 17.9. The van der Waals surface area contributed by atoms with Gasteiger partial charge in [-0.25, -0.2) is 0 Å². The van der Waals surface area contributed by atoms with E-state index in [0.717, 1.165) is 81.4 Å². The molecule has 1 saturated heterocycles. The first-order valence-corrected chi connectivity index (χ1v) is 15.5. The topological polar surface area (TPSA) is 34.2 Å². The number of anilines is 1. The number of para-hydroxylation sites is 2. The highest BCUT2D eigenvalue weighted by molar-refractivity contribution is 9.11. The fourth-order valence-corrected chi connectivity index (χ4v) is 6.75. The minimum atomic E-state index is 0.639. The van der Waals surface area contributed by atoms with Gasteiger partial charge in [-0.1, -0.05) is 44.0 Å². The zero-order valence-corrected chi connectivity index (χ0v) is 27.0. The van der Waals surface area contributed by atoms with Gasteiger partial charge in [0.2, 0.25) is 0 Å². The summed E-state index contributed by atoms with van der Waals surface area (Å²) in [7, 11) is 1.74. The van der Waals surface area contributed by atoms with E-state index >= 15 is 0 Å². The second-order valence-corrected chi connectivity index (χ2v) is 12.3. The van der Waals surface area contributed by atoms with Crippen LogP contribution in [-0.2, 0) is 0 Å². The summed E-state index contributed by atoms with van der Waals surface area (Å²) in [5, 5.41) is 0. The van der Waals surface area contributed by atoms with E-state index in [1.807, 2.05) is 42.5 Å². The molecule has 1 aliphatic rings. The molecule has 1 fully saturated rings. The van der Waals surface area contributed by atoms with Crippen molar-refractivity contribution in [1.29, 1.82) is 0 Å². The largest absolute Gasteiger partial charge is 0.495 e. The molecule has 0 amide bonds. The molecule has 3 aromatic rings. The lowest BCUT2D eigenvalue weighted by atomic mass is 10.2. The first kappa shape index (κ1) is 28.7. The Morgan fingerprint density at radius 3 is 2.24 bits per heavy atom. The van der Waals surface area contributed by atoms with E-state index in [4.69, 9.17) is 14.2 Å². The van der Waals surface area contributed by atoms with Gasteiger partial charge in [-0.15, -0.1) is 0 Å². The van der Waals surface area contributed by atoms with Crippen molar-refractivity contribution in [1.82, 2.24) is 4.90 Å². The molecular formula is C28H30Br4N2O3. The molecule has 0 radical (unpaired) electrons. The third-order valence-corrected chi connectivity index (χ3v) is 8.41. The number of nitrogens with zero attached hydrogens (tertiary/aromatic N) is 2. The van der Waals surface area contributed by atoms with Gasteiger partial charge >= 0.3 is 0 Å². The predicted molar refractivity (Wildman–Crippen MR) is 165 cm³/mol. The van der Waals surface area contributed by atoms with Gasteiger partial charge in [-0.3, -0.25) is 4.90 Å². The Bertz CT molecular complexity index is 1190. The summed E-state index contributed by atoms with van der Waals surface area (Å²) in [5.74, 6) is 3.05. The van der Waals surface area contributed by atoms with Gasteiger partial charge in [0.25, 0.3) is 0 Å². The van der Waals surface area contributed by atoms with Crippen LogP contribution in [-0.4, -0.2) is 51.3 Å². The van der Waals surface area contributed by atoms with E-state index in [1.165, 1.54) is 5.69 Å². The lowest BCUT2D eigenvalue weighted by Crippen LogP contribution is -2.46. The van der Waals surface area contributed by atoms with E-state index in [1.54, 1.807) is 7.11 Å². The Hall–Kier alpha value is -1.26. The SMILES string of the molecule is COc1ccccc1N1CCN(CCCCCOc2c(Br)cc(Br)cc2Oc2ccc(Br)cc2Br)CC1. The molecule has 5 nitrogen and oxygen atoms in total. The summed E-state index contributed by atoms with van der Waals surface area (Å²) < 4.78 is 21.5. The maximum atomic E-state index is 6.20. The van der Waals surface area contributed by atoms with Crippen molar-refractivity contribution in [2.45, 2.75) is 19.3 Å². The van der Waals surface area contributed by atoms with Crippen LogP contribution in [0.15, 0.2) is 72.5 Å². The third-order valence-electron chi connectivity index (χ3n) is 6.25. The highest BCUT2D eigenvalue weighted by Gasteiger charge is 2.19. The third kappa shape index (κ3) is 8.12. The molecule has 1 aliphatic heterocycles. The average Bonchev–Trinajstić information content (AvgIpc) is 2.89. The molecule has 0 unspecified atom stereocenters. The predicted octanol–water partition coefficient (Wildman–Crippen LogP) is 8.91. The number of benzene rings is 3. The van der Waals surface area contributed by atoms with E-state index in [0.29, 0.717) is 18.1 Å². The monoisotopic (exact) mass is 758 g/mol. The van der Waals surface area contributed by atoms with Crippen molar-refractivity contribution in [3.05, 3.63) is 72.5 Å². The minimum Gasteiger partial charge on any atom is -0.495 e. The molecular weight excluding hydrogens is 732 g/mol. The second kappa shape index (κ2) is 14.2. The fraction of sp³-hybridized carbons (Fsp3) is 0.357. The molecule has 0 saturated carbocycles. The quantitative estimate of drug-likeness (QED) is 0.183. The van der Waals surface area contributed by atoms with E-state index in [2.05, 4.69) is 85.7 Å². The van der Waals surface area contributed by atoms with Crippen LogP contribution >= 0.6 is 63.7 Å². The molecule has 0 atom stereocenters. The number of rotatable bonds is 11. The Morgan fingerprint density at radius 2 is 1.49 bits per heavy atom. The number of hydrogen-bond acceptors (Lipinski definition) is 5. The van der Waals surface area contributed by atoms with Gasteiger partial charge in [-0.2, -0.15) is 0 Å². The lowest BCUT2D eigenvalue weighted by molar-refractivity contribution is 0.244. The van der Waals surface area contributed by atoms with Crippen LogP contribution in [0.25, 0.3) is 0 Å². The number of ether oxygens (including phenoxy) is 3. The van der Waals surface area contributed by atoms with E-state index in [9.17, 15) is 0 Å². The van der Waals surface area contributed by atoms with Gasteiger partial charge in [0, 0.05) is 35.1 Å². The van der Waals surface area contributed by atoms with Crippen LogP contribution in [0.4, 0.5) is 5.69 Å². The van der Waals surface area contributed by atoms with Gasteiger partial charge in [0.1, 0.15) is 11.5 Å².